The van der Waals surface area contributed by atoms with Crippen LogP contribution < -0.4 is 15.0 Å². The van der Waals surface area contributed by atoms with Crippen molar-refractivity contribution in [2.24, 2.45) is 0 Å². The molecule has 148 valence electrons. The van der Waals surface area contributed by atoms with Crippen molar-refractivity contribution in [2.75, 3.05) is 44.7 Å². The molecule has 0 bridgehead atoms. The lowest BCUT2D eigenvalue weighted by molar-refractivity contribution is -0.123. The highest BCUT2D eigenvalue weighted by molar-refractivity contribution is 5.77. The zero-order chi connectivity index (χ0) is 19.3. The van der Waals surface area contributed by atoms with Crippen molar-refractivity contribution in [3.8, 4) is 5.75 Å². The molecule has 4 rings (SSSR count). The van der Waals surface area contributed by atoms with Crippen molar-refractivity contribution < 1.29 is 9.53 Å². The molecule has 5 nitrogen and oxygen atoms in total. The molecule has 1 amide bonds. The molecule has 2 aliphatic rings. The minimum absolute atomic E-state index is 0.0473. The fraction of sp³-hybridized carbons (Fsp3) is 0.435. The van der Waals surface area contributed by atoms with Gasteiger partial charge in [-0.2, -0.15) is 0 Å². The number of nitrogens with zero attached hydrogens (tertiary/aromatic N) is 2. The number of benzene rings is 2. The van der Waals surface area contributed by atoms with E-state index in [0.717, 1.165) is 31.8 Å². The van der Waals surface area contributed by atoms with Crippen molar-refractivity contribution >= 4 is 11.6 Å². The molecule has 0 unspecified atom stereocenters. The quantitative estimate of drug-likeness (QED) is 0.803. The van der Waals surface area contributed by atoms with Gasteiger partial charge < -0.3 is 15.0 Å². The summed E-state index contributed by atoms with van der Waals surface area (Å²) in [4.78, 5) is 17.1. The van der Waals surface area contributed by atoms with E-state index in [-0.39, 0.29) is 18.6 Å². The summed E-state index contributed by atoms with van der Waals surface area (Å²) >= 11 is 0. The Morgan fingerprint density at radius 3 is 2.68 bits per heavy atom. The van der Waals surface area contributed by atoms with Crippen molar-refractivity contribution in [2.45, 2.75) is 25.3 Å². The predicted octanol–water partition coefficient (Wildman–Crippen LogP) is 3.01. The van der Waals surface area contributed by atoms with Gasteiger partial charge in [-0.3, -0.25) is 9.69 Å². The molecule has 0 aromatic heterocycles. The van der Waals surface area contributed by atoms with Gasteiger partial charge in [0.05, 0.1) is 6.04 Å². The Kier molecular flexibility index (Phi) is 5.81. The van der Waals surface area contributed by atoms with Crippen LogP contribution in [0.3, 0.4) is 0 Å². The highest BCUT2D eigenvalue weighted by atomic mass is 16.5. The molecule has 2 aromatic rings. The number of fused-ring (bicyclic) bond motifs is 1. The van der Waals surface area contributed by atoms with Gasteiger partial charge in [0.1, 0.15) is 5.75 Å². The Balaban J connectivity index is 1.40. The topological polar surface area (TPSA) is 44.8 Å². The first-order valence-corrected chi connectivity index (χ1v) is 10.2. The number of likely N-dealkylation sites (N-methyl/N-ethyl adjacent to an activating group) is 1. The molecule has 1 fully saturated rings. The van der Waals surface area contributed by atoms with Gasteiger partial charge in [0.25, 0.3) is 5.91 Å². The van der Waals surface area contributed by atoms with Gasteiger partial charge in [0.2, 0.25) is 0 Å². The van der Waals surface area contributed by atoms with Crippen molar-refractivity contribution in [3.05, 3.63) is 59.7 Å². The highest BCUT2D eigenvalue weighted by Crippen LogP contribution is 2.32. The lowest BCUT2D eigenvalue weighted by Crippen LogP contribution is -2.38. The van der Waals surface area contributed by atoms with Crippen molar-refractivity contribution in [1.29, 1.82) is 0 Å². The van der Waals surface area contributed by atoms with E-state index in [4.69, 9.17) is 4.74 Å². The molecule has 1 N–H and O–H groups in total. The maximum Gasteiger partial charge on any atom is 0.258 e. The number of carbonyl (C=O) groups excluding carboxylic acids is 1. The SMILES string of the molecule is CN1CCc2cc([C@@H](CNC(=O)COc3ccccc3)N3CCCC3)ccc21. The first kappa shape index (κ1) is 18.8. The fourth-order valence-corrected chi connectivity index (χ4v) is 4.23. The van der Waals surface area contributed by atoms with Crippen LogP contribution in [0.4, 0.5) is 5.69 Å². The van der Waals surface area contributed by atoms with E-state index in [1.807, 2.05) is 30.3 Å². The lowest BCUT2D eigenvalue weighted by Gasteiger charge is -2.29. The van der Waals surface area contributed by atoms with E-state index in [1.165, 1.54) is 29.7 Å². The number of nitrogens with one attached hydrogen (secondary N) is 1. The minimum Gasteiger partial charge on any atom is -0.484 e. The van der Waals surface area contributed by atoms with Gasteiger partial charge in [-0.15, -0.1) is 0 Å². The summed E-state index contributed by atoms with van der Waals surface area (Å²) in [7, 11) is 2.15. The van der Waals surface area contributed by atoms with Gasteiger partial charge >= 0.3 is 0 Å². The molecule has 0 saturated carbocycles. The van der Waals surface area contributed by atoms with Crippen LogP contribution in [-0.4, -0.2) is 50.6 Å². The second-order valence-corrected chi connectivity index (χ2v) is 7.72. The Bertz CT molecular complexity index is 803. The van der Waals surface area contributed by atoms with Crippen LogP contribution in [0.1, 0.15) is 30.0 Å². The Hall–Kier alpha value is -2.53. The molecular formula is C23H29N3O2. The van der Waals surface area contributed by atoms with Gasteiger partial charge in [-0.05, 0) is 61.7 Å². The van der Waals surface area contributed by atoms with Gasteiger partial charge in [0, 0.05) is 25.8 Å². The molecule has 28 heavy (non-hydrogen) atoms. The molecule has 5 heteroatoms. The largest absolute Gasteiger partial charge is 0.484 e. The standard InChI is InChI=1S/C23H29N3O2/c1-25-14-11-19-15-18(9-10-21(19)25)22(26-12-5-6-13-26)16-24-23(27)17-28-20-7-3-2-4-8-20/h2-4,7-10,15,22H,5-6,11-14,16-17H2,1H3,(H,24,27)/t22-/m1/s1. The maximum atomic E-state index is 12.3. The number of rotatable bonds is 7. The minimum atomic E-state index is -0.0751. The first-order valence-electron chi connectivity index (χ1n) is 10.2. The van der Waals surface area contributed by atoms with Gasteiger partial charge in [0.15, 0.2) is 6.61 Å². The number of para-hydroxylation sites is 1. The van der Waals surface area contributed by atoms with Gasteiger partial charge in [-0.25, -0.2) is 0 Å². The second kappa shape index (κ2) is 8.65. The van der Waals surface area contributed by atoms with E-state index in [2.05, 4.69) is 40.4 Å². The van der Waals surface area contributed by atoms with Crippen molar-refractivity contribution in [1.82, 2.24) is 10.2 Å². The van der Waals surface area contributed by atoms with Crippen LogP contribution in [0.25, 0.3) is 0 Å². The third-order valence-electron chi connectivity index (χ3n) is 5.80. The second-order valence-electron chi connectivity index (χ2n) is 7.72. The monoisotopic (exact) mass is 379 g/mol. The molecular weight excluding hydrogens is 350 g/mol. The smallest absolute Gasteiger partial charge is 0.258 e. The number of likely N-dealkylation sites (tertiary alicyclic amines) is 1. The summed E-state index contributed by atoms with van der Waals surface area (Å²) in [5, 5.41) is 3.09. The number of anilines is 1. The number of hydrogen-bond donors (Lipinski definition) is 1. The van der Waals surface area contributed by atoms with E-state index >= 15 is 0 Å². The number of amides is 1. The van der Waals surface area contributed by atoms with Gasteiger partial charge in [-0.1, -0.05) is 30.3 Å². The Morgan fingerprint density at radius 1 is 1.11 bits per heavy atom. The highest BCUT2D eigenvalue weighted by Gasteiger charge is 2.26. The van der Waals surface area contributed by atoms with Crippen molar-refractivity contribution in [3.63, 3.8) is 0 Å². The summed E-state index contributed by atoms with van der Waals surface area (Å²) in [6, 6.07) is 16.5. The zero-order valence-corrected chi connectivity index (χ0v) is 16.6. The molecule has 0 spiro atoms. The molecule has 1 saturated heterocycles. The number of ether oxygens (including phenoxy) is 1. The molecule has 0 aliphatic carbocycles. The lowest BCUT2D eigenvalue weighted by atomic mass is 10.0. The van der Waals surface area contributed by atoms with E-state index < -0.39 is 0 Å². The van der Waals surface area contributed by atoms with E-state index in [9.17, 15) is 4.79 Å². The fourth-order valence-electron chi connectivity index (χ4n) is 4.23. The zero-order valence-electron chi connectivity index (χ0n) is 16.6. The third-order valence-corrected chi connectivity index (χ3v) is 5.80. The average Bonchev–Trinajstić information content (AvgIpc) is 3.38. The predicted molar refractivity (Wildman–Crippen MR) is 112 cm³/mol. The summed E-state index contributed by atoms with van der Waals surface area (Å²) in [6.07, 6.45) is 3.56. The normalized spacial score (nSPS) is 17.4. The molecule has 0 radical (unpaired) electrons. The first-order chi connectivity index (χ1) is 13.7. The van der Waals surface area contributed by atoms with Crippen LogP contribution >= 0.6 is 0 Å². The third kappa shape index (κ3) is 4.30. The summed E-state index contributed by atoms with van der Waals surface area (Å²) < 4.78 is 5.57. The molecule has 2 aliphatic heterocycles. The average molecular weight is 380 g/mol. The Morgan fingerprint density at radius 2 is 1.89 bits per heavy atom. The summed E-state index contributed by atoms with van der Waals surface area (Å²) in [5.41, 5.74) is 4.06. The molecule has 1 atom stereocenters. The maximum absolute atomic E-state index is 12.3. The van der Waals surface area contributed by atoms with Crippen LogP contribution in [0, 0.1) is 0 Å². The summed E-state index contributed by atoms with van der Waals surface area (Å²) in [6.45, 7) is 3.94. The van der Waals surface area contributed by atoms with Crippen LogP contribution in [0.15, 0.2) is 48.5 Å². The Labute approximate surface area is 167 Å². The van der Waals surface area contributed by atoms with Crippen LogP contribution in [-0.2, 0) is 11.2 Å². The molecule has 2 heterocycles. The number of hydrogen-bond acceptors (Lipinski definition) is 4. The van der Waals surface area contributed by atoms with Crippen LogP contribution in [0.5, 0.6) is 5.75 Å². The van der Waals surface area contributed by atoms with E-state index in [1.54, 1.807) is 0 Å². The summed E-state index contributed by atoms with van der Waals surface area (Å²) in [5.74, 6) is 0.644. The molecule has 2 aromatic carbocycles. The van der Waals surface area contributed by atoms with Crippen LogP contribution in [0.2, 0.25) is 0 Å². The van der Waals surface area contributed by atoms with E-state index in [0.29, 0.717) is 6.54 Å². The number of carbonyl (C=O) groups is 1.